The van der Waals surface area contributed by atoms with Gasteiger partial charge in [-0.1, -0.05) is 26.8 Å². The molecule has 136 valence electrons. The SMILES string of the molecule is C=CCN1C(=O)COc2ccc(-c3csc(NC(=O)C(C)(C)C)n3)cc21. The molecule has 6 nitrogen and oxygen atoms in total. The molecule has 2 aromatic rings. The highest BCUT2D eigenvalue weighted by Gasteiger charge is 2.26. The van der Waals surface area contributed by atoms with Gasteiger partial charge in [-0.3, -0.25) is 9.59 Å². The number of benzene rings is 1. The van der Waals surface area contributed by atoms with Crippen LogP contribution in [0.2, 0.25) is 0 Å². The number of amides is 2. The summed E-state index contributed by atoms with van der Waals surface area (Å²) in [7, 11) is 0. The quantitative estimate of drug-likeness (QED) is 0.832. The predicted octanol–water partition coefficient (Wildman–Crippen LogP) is 3.71. The van der Waals surface area contributed by atoms with Gasteiger partial charge >= 0.3 is 0 Å². The largest absolute Gasteiger partial charge is 0.482 e. The van der Waals surface area contributed by atoms with E-state index in [9.17, 15) is 9.59 Å². The van der Waals surface area contributed by atoms with E-state index in [0.29, 0.717) is 23.1 Å². The van der Waals surface area contributed by atoms with Crippen molar-refractivity contribution in [3.63, 3.8) is 0 Å². The zero-order valence-electron chi connectivity index (χ0n) is 15.0. The van der Waals surface area contributed by atoms with Gasteiger partial charge in [-0.2, -0.15) is 0 Å². The number of nitrogens with zero attached hydrogens (tertiary/aromatic N) is 2. The number of thiazole rings is 1. The van der Waals surface area contributed by atoms with Gasteiger partial charge in [0.2, 0.25) is 5.91 Å². The fourth-order valence-corrected chi connectivity index (χ4v) is 3.15. The number of rotatable bonds is 4. The molecule has 0 saturated carbocycles. The van der Waals surface area contributed by atoms with Crippen LogP contribution >= 0.6 is 11.3 Å². The number of carbonyl (C=O) groups excluding carboxylic acids is 2. The van der Waals surface area contributed by atoms with Crippen molar-refractivity contribution in [2.45, 2.75) is 20.8 Å². The van der Waals surface area contributed by atoms with Gasteiger partial charge in [-0.15, -0.1) is 17.9 Å². The van der Waals surface area contributed by atoms with Crippen LogP contribution < -0.4 is 15.0 Å². The van der Waals surface area contributed by atoms with Crippen molar-refractivity contribution in [3.05, 3.63) is 36.2 Å². The maximum atomic E-state index is 12.1. The first-order chi connectivity index (χ1) is 12.3. The number of carbonyl (C=O) groups is 2. The van der Waals surface area contributed by atoms with Crippen LogP contribution in [0.5, 0.6) is 5.75 Å². The number of aromatic nitrogens is 1. The topological polar surface area (TPSA) is 71.5 Å². The molecule has 0 radical (unpaired) electrons. The van der Waals surface area contributed by atoms with E-state index < -0.39 is 5.41 Å². The molecule has 0 saturated heterocycles. The van der Waals surface area contributed by atoms with Crippen LogP contribution in [0.1, 0.15) is 20.8 Å². The second-order valence-corrected chi connectivity index (χ2v) is 7.86. The number of fused-ring (bicyclic) bond motifs is 1. The fraction of sp³-hybridized carbons (Fsp3) is 0.316. The van der Waals surface area contributed by atoms with Crippen LogP contribution in [0.25, 0.3) is 11.3 Å². The molecule has 0 aliphatic carbocycles. The lowest BCUT2D eigenvalue weighted by molar-refractivity contribution is -0.123. The molecule has 1 aromatic carbocycles. The Morgan fingerprint density at radius 2 is 2.23 bits per heavy atom. The lowest BCUT2D eigenvalue weighted by atomic mass is 9.96. The minimum atomic E-state index is -0.486. The van der Waals surface area contributed by atoms with E-state index in [0.717, 1.165) is 11.3 Å². The van der Waals surface area contributed by atoms with E-state index in [-0.39, 0.29) is 18.4 Å². The van der Waals surface area contributed by atoms with Crippen LogP contribution in [-0.4, -0.2) is 29.9 Å². The molecule has 2 amide bonds. The van der Waals surface area contributed by atoms with Gasteiger partial charge in [0.1, 0.15) is 5.75 Å². The third-order valence-corrected chi connectivity index (χ3v) is 4.67. The Kier molecular flexibility index (Phi) is 4.82. The van der Waals surface area contributed by atoms with E-state index in [2.05, 4.69) is 16.9 Å². The van der Waals surface area contributed by atoms with Crippen molar-refractivity contribution in [1.82, 2.24) is 4.98 Å². The molecule has 2 heterocycles. The Bertz CT molecular complexity index is 867. The average Bonchev–Trinajstić information content (AvgIpc) is 3.05. The van der Waals surface area contributed by atoms with Crippen molar-refractivity contribution < 1.29 is 14.3 Å². The minimum absolute atomic E-state index is 0.0276. The number of nitrogens with one attached hydrogen (secondary N) is 1. The molecule has 1 aromatic heterocycles. The summed E-state index contributed by atoms with van der Waals surface area (Å²) in [6, 6.07) is 5.60. The summed E-state index contributed by atoms with van der Waals surface area (Å²) < 4.78 is 5.50. The Balaban J connectivity index is 1.88. The van der Waals surface area contributed by atoms with Gasteiger partial charge in [0.05, 0.1) is 11.4 Å². The molecule has 1 aliphatic heterocycles. The van der Waals surface area contributed by atoms with Crippen molar-refractivity contribution in [2.75, 3.05) is 23.4 Å². The van der Waals surface area contributed by atoms with Gasteiger partial charge in [-0.25, -0.2) is 4.98 Å². The summed E-state index contributed by atoms with van der Waals surface area (Å²) in [6.07, 6.45) is 1.68. The van der Waals surface area contributed by atoms with Crippen LogP contribution in [-0.2, 0) is 9.59 Å². The highest BCUT2D eigenvalue weighted by atomic mass is 32.1. The van der Waals surface area contributed by atoms with Crippen LogP contribution in [0.3, 0.4) is 0 Å². The number of ether oxygens (including phenoxy) is 1. The first-order valence-electron chi connectivity index (χ1n) is 8.25. The summed E-state index contributed by atoms with van der Waals surface area (Å²) in [5.74, 6) is 0.470. The molecular weight excluding hydrogens is 350 g/mol. The van der Waals surface area contributed by atoms with Gasteiger partial charge in [0.15, 0.2) is 11.7 Å². The highest BCUT2D eigenvalue weighted by molar-refractivity contribution is 7.14. The number of anilines is 2. The van der Waals surface area contributed by atoms with Crippen molar-refractivity contribution in [2.24, 2.45) is 5.41 Å². The molecule has 0 spiro atoms. The molecule has 1 aliphatic rings. The summed E-state index contributed by atoms with van der Waals surface area (Å²) in [5.41, 5.74) is 1.80. The Hall–Kier alpha value is -2.67. The first kappa shape index (κ1) is 18.1. The first-order valence-corrected chi connectivity index (χ1v) is 9.13. The molecule has 0 fully saturated rings. The zero-order chi connectivity index (χ0) is 18.9. The average molecular weight is 371 g/mol. The zero-order valence-corrected chi connectivity index (χ0v) is 15.9. The van der Waals surface area contributed by atoms with E-state index in [1.165, 1.54) is 11.3 Å². The molecule has 0 atom stereocenters. The molecule has 1 N–H and O–H groups in total. The van der Waals surface area contributed by atoms with Gasteiger partial charge < -0.3 is 15.0 Å². The summed E-state index contributed by atoms with van der Waals surface area (Å²) in [4.78, 5) is 30.4. The van der Waals surface area contributed by atoms with Gasteiger partial charge in [-0.05, 0) is 18.2 Å². The van der Waals surface area contributed by atoms with E-state index in [1.54, 1.807) is 11.0 Å². The second-order valence-electron chi connectivity index (χ2n) is 7.01. The molecule has 0 bridgehead atoms. The van der Waals surface area contributed by atoms with E-state index in [4.69, 9.17) is 4.74 Å². The van der Waals surface area contributed by atoms with Crippen molar-refractivity contribution in [3.8, 4) is 17.0 Å². The van der Waals surface area contributed by atoms with E-state index in [1.807, 2.05) is 44.4 Å². The van der Waals surface area contributed by atoms with E-state index >= 15 is 0 Å². The van der Waals surface area contributed by atoms with Crippen molar-refractivity contribution >= 4 is 34.0 Å². The summed E-state index contributed by atoms with van der Waals surface area (Å²) in [5, 5.41) is 5.26. The summed E-state index contributed by atoms with van der Waals surface area (Å²) in [6.45, 7) is 9.71. The third kappa shape index (κ3) is 3.62. The second kappa shape index (κ2) is 6.92. The predicted molar refractivity (Wildman–Crippen MR) is 104 cm³/mol. The maximum absolute atomic E-state index is 12.1. The Morgan fingerprint density at radius 3 is 2.92 bits per heavy atom. The smallest absolute Gasteiger partial charge is 0.265 e. The fourth-order valence-electron chi connectivity index (χ4n) is 2.44. The van der Waals surface area contributed by atoms with Crippen LogP contribution in [0.4, 0.5) is 10.8 Å². The van der Waals surface area contributed by atoms with Gasteiger partial charge in [0.25, 0.3) is 5.91 Å². The monoisotopic (exact) mass is 371 g/mol. The summed E-state index contributed by atoms with van der Waals surface area (Å²) >= 11 is 1.37. The maximum Gasteiger partial charge on any atom is 0.265 e. The van der Waals surface area contributed by atoms with Gasteiger partial charge in [0, 0.05) is 22.9 Å². The normalized spacial score (nSPS) is 13.8. The third-order valence-electron chi connectivity index (χ3n) is 3.92. The van der Waals surface area contributed by atoms with Crippen LogP contribution in [0, 0.1) is 5.41 Å². The molecule has 3 rings (SSSR count). The molecule has 7 heteroatoms. The molecular formula is C19H21N3O3S. The molecule has 26 heavy (non-hydrogen) atoms. The Morgan fingerprint density at radius 1 is 1.46 bits per heavy atom. The lowest BCUT2D eigenvalue weighted by Crippen LogP contribution is -2.38. The minimum Gasteiger partial charge on any atom is -0.482 e. The lowest BCUT2D eigenvalue weighted by Gasteiger charge is -2.28. The van der Waals surface area contributed by atoms with Crippen LogP contribution in [0.15, 0.2) is 36.2 Å². The van der Waals surface area contributed by atoms with Crippen molar-refractivity contribution in [1.29, 1.82) is 0 Å². The number of hydrogen-bond donors (Lipinski definition) is 1. The Labute approximate surface area is 156 Å². The number of hydrogen-bond acceptors (Lipinski definition) is 5. The molecule has 0 unspecified atom stereocenters. The standard InChI is InChI=1S/C19H21N3O3S/c1-5-8-22-14-9-12(6-7-15(14)25-10-16(22)23)13-11-26-18(20-13)21-17(24)19(2,3)4/h5-7,9,11H,1,8,10H2,2-4H3,(H,20,21,24). The highest BCUT2D eigenvalue weighted by Crippen LogP contribution is 2.36.